The van der Waals surface area contributed by atoms with E-state index >= 15 is 0 Å². The molecule has 0 N–H and O–H groups in total. The molecule has 0 aliphatic heterocycles. The monoisotopic (exact) mass is 137 g/mol. The number of aromatic nitrogens is 3. The van der Waals surface area contributed by atoms with E-state index in [4.69, 9.17) is 0 Å². The second-order valence-electron chi connectivity index (χ2n) is 1.57. The van der Waals surface area contributed by atoms with Gasteiger partial charge in [-0.2, -0.15) is 5.10 Å². The summed E-state index contributed by atoms with van der Waals surface area (Å²) in [6, 6.07) is 1.85. The quantitative estimate of drug-likeness (QED) is 0.545. The first-order valence-electron chi connectivity index (χ1n) is 2.48. The molecule has 2 aromatic heterocycles. The van der Waals surface area contributed by atoms with Gasteiger partial charge in [-0.15, -0.1) is 16.4 Å². The molecule has 4 heteroatoms. The largest absolute Gasteiger partial charge is 0.243 e. The molecular formula is C5H3N3S. The summed E-state index contributed by atoms with van der Waals surface area (Å²) in [7, 11) is 0. The number of nitrogens with zero attached hydrogens (tertiary/aromatic N) is 3. The zero-order chi connectivity index (χ0) is 6.10. The van der Waals surface area contributed by atoms with Crippen LogP contribution in [0.2, 0.25) is 0 Å². The molecule has 0 aliphatic carbocycles. The van der Waals surface area contributed by atoms with Crippen LogP contribution in [0, 0.1) is 0 Å². The molecule has 3 nitrogen and oxygen atoms in total. The Morgan fingerprint density at radius 2 is 2.44 bits per heavy atom. The Hall–Kier alpha value is -1.03. The van der Waals surface area contributed by atoms with Gasteiger partial charge >= 0.3 is 0 Å². The topological polar surface area (TPSA) is 38.7 Å². The number of fused-ring (bicyclic) bond motifs is 1. The lowest BCUT2D eigenvalue weighted by Gasteiger charge is -1.78. The third-order valence-corrected chi connectivity index (χ3v) is 1.75. The minimum Gasteiger partial charge on any atom is -0.243 e. The maximum Gasteiger partial charge on any atom is 0.166 e. The maximum absolute atomic E-state index is 4.03. The molecule has 0 saturated carbocycles. The van der Waals surface area contributed by atoms with Crippen LogP contribution in [0.25, 0.3) is 10.3 Å². The molecule has 0 aliphatic rings. The Morgan fingerprint density at radius 1 is 1.44 bits per heavy atom. The summed E-state index contributed by atoms with van der Waals surface area (Å²) in [6.45, 7) is 0. The lowest BCUT2D eigenvalue weighted by atomic mass is 10.5. The molecule has 0 saturated heterocycles. The molecule has 0 atom stereocenters. The van der Waals surface area contributed by atoms with Crippen LogP contribution in [0.5, 0.6) is 0 Å². The third kappa shape index (κ3) is 0.675. The molecule has 9 heavy (non-hydrogen) atoms. The minimum absolute atomic E-state index is 0.900. The van der Waals surface area contributed by atoms with E-state index in [1.165, 1.54) is 11.3 Å². The molecular weight excluding hydrogens is 134 g/mol. The summed E-state index contributed by atoms with van der Waals surface area (Å²) in [5, 5.41) is 7.55. The molecule has 44 valence electrons. The second-order valence-corrected chi connectivity index (χ2v) is 2.41. The Kier molecular flexibility index (Phi) is 0.927. The van der Waals surface area contributed by atoms with Gasteiger partial charge in [0.15, 0.2) is 4.83 Å². The van der Waals surface area contributed by atoms with Crippen LogP contribution in [0.4, 0.5) is 0 Å². The van der Waals surface area contributed by atoms with Crippen LogP contribution in [0.15, 0.2) is 17.8 Å². The van der Waals surface area contributed by atoms with Crippen LogP contribution in [-0.2, 0) is 0 Å². The molecule has 0 fully saturated rings. The highest BCUT2D eigenvalue weighted by atomic mass is 32.1. The van der Waals surface area contributed by atoms with Crippen molar-refractivity contribution in [2.75, 3.05) is 0 Å². The Labute approximate surface area is 55.4 Å². The Bertz CT molecular complexity index is 286. The van der Waals surface area contributed by atoms with E-state index in [1.807, 2.05) is 6.07 Å². The van der Waals surface area contributed by atoms with Gasteiger partial charge in [-0.05, 0) is 6.07 Å². The van der Waals surface area contributed by atoms with Crippen LogP contribution < -0.4 is 0 Å². The average molecular weight is 137 g/mol. The normalized spacial score (nSPS) is 10.2. The van der Waals surface area contributed by atoms with Crippen molar-refractivity contribution in [1.29, 1.82) is 0 Å². The van der Waals surface area contributed by atoms with E-state index < -0.39 is 0 Å². The van der Waals surface area contributed by atoms with E-state index in [1.54, 1.807) is 11.7 Å². The van der Waals surface area contributed by atoms with Crippen LogP contribution in [0.3, 0.4) is 0 Å². The van der Waals surface area contributed by atoms with Gasteiger partial charge in [-0.25, -0.2) is 4.98 Å². The fourth-order valence-corrected chi connectivity index (χ4v) is 1.23. The molecule has 0 bridgehead atoms. The second kappa shape index (κ2) is 1.73. The first kappa shape index (κ1) is 4.81. The van der Waals surface area contributed by atoms with E-state index in [2.05, 4.69) is 15.2 Å². The fraction of sp³-hybridized carbons (Fsp3) is 0. The fourth-order valence-electron chi connectivity index (χ4n) is 0.627. The van der Waals surface area contributed by atoms with Crippen LogP contribution in [0.1, 0.15) is 0 Å². The van der Waals surface area contributed by atoms with E-state index in [9.17, 15) is 0 Å². The van der Waals surface area contributed by atoms with Gasteiger partial charge in [-0.3, -0.25) is 0 Å². The number of rotatable bonds is 0. The van der Waals surface area contributed by atoms with Crippen molar-refractivity contribution in [3.8, 4) is 0 Å². The van der Waals surface area contributed by atoms with Crippen molar-refractivity contribution in [2.45, 2.75) is 0 Å². The van der Waals surface area contributed by atoms with Crippen molar-refractivity contribution in [1.82, 2.24) is 15.2 Å². The van der Waals surface area contributed by atoms with Gasteiger partial charge in [0, 0.05) is 0 Å². The summed E-state index contributed by atoms with van der Waals surface area (Å²) in [5.41, 5.74) is 2.69. The number of hydrogen-bond donors (Lipinski definition) is 0. The van der Waals surface area contributed by atoms with Crippen molar-refractivity contribution >= 4 is 21.7 Å². The Morgan fingerprint density at radius 3 is 3.33 bits per heavy atom. The van der Waals surface area contributed by atoms with Crippen molar-refractivity contribution in [3.63, 3.8) is 0 Å². The third-order valence-electron chi connectivity index (χ3n) is 1.02. The van der Waals surface area contributed by atoms with Crippen LogP contribution >= 0.6 is 11.3 Å². The van der Waals surface area contributed by atoms with Crippen molar-refractivity contribution < 1.29 is 0 Å². The summed E-state index contributed by atoms with van der Waals surface area (Å²) < 4.78 is 0. The predicted molar refractivity (Wildman–Crippen MR) is 35.2 cm³/mol. The molecule has 0 spiro atoms. The lowest BCUT2D eigenvalue weighted by Crippen LogP contribution is -1.75. The van der Waals surface area contributed by atoms with Gasteiger partial charge in [0.1, 0.15) is 5.52 Å². The standard InChI is InChI=1S/C5H3N3S/c1-2-7-8-5-4(1)6-3-9-5/h1-3H. The minimum atomic E-state index is 0.900. The van der Waals surface area contributed by atoms with Crippen molar-refractivity contribution in [2.24, 2.45) is 0 Å². The predicted octanol–water partition coefficient (Wildman–Crippen LogP) is 1.09. The number of hydrogen-bond acceptors (Lipinski definition) is 4. The van der Waals surface area contributed by atoms with E-state index in [-0.39, 0.29) is 0 Å². The summed E-state index contributed by atoms with van der Waals surface area (Å²) in [6.07, 6.45) is 1.64. The highest BCUT2D eigenvalue weighted by molar-refractivity contribution is 7.16. The molecule has 0 amide bonds. The summed E-state index contributed by atoms with van der Waals surface area (Å²) in [5.74, 6) is 0. The van der Waals surface area contributed by atoms with Crippen molar-refractivity contribution in [3.05, 3.63) is 17.8 Å². The number of thiazole rings is 1. The van der Waals surface area contributed by atoms with E-state index in [0.29, 0.717) is 0 Å². The Balaban J connectivity index is 2.95. The van der Waals surface area contributed by atoms with Gasteiger partial charge in [-0.1, -0.05) is 0 Å². The van der Waals surface area contributed by atoms with Gasteiger partial charge in [0.05, 0.1) is 11.7 Å². The first-order chi connectivity index (χ1) is 4.47. The highest BCUT2D eigenvalue weighted by Gasteiger charge is 1.92. The van der Waals surface area contributed by atoms with Gasteiger partial charge in [0.2, 0.25) is 0 Å². The SMILES string of the molecule is c1cc2ncsc2nn1. The van der Waals surface area contributed by atoms with Gasteiger partial charge in [0.25, 0.3) is 0 Å². The maximum atomic E-state index is 4.03. The smallest absolute Gasteiger partial charge is 0.166 e. The lowest BCUT2D eigenvalue weighted by molar-refractivity contribution is 1.08. The first-order valence-corrected chi connectivity index (χ1v) is 3.36. The molecule has 2 aromatic rings. The highest BCUT2D eigenvalue weighted by Crippen LogP contribution is 2.10. The summed E-state index contributed by atoms with van der Waals surface area (Å²) in [4.78, 5) is 4.94. The summed E-state index contributed by atoms with van der Waals surface area (Å²) >= 11 is 1.50. The molecule has 0 radical (unpaired) electrons. The zero-order valence-electron chi connectivity index (χ0n) is 4.48. The molecule has 2 rings (SSSR count). The molecule has 2 heterocycles. The van der Waals surface area contributed by atoms with Crippen LogP contribution in [-0.4, -0.2) is 15.2 Å². The molecule has 0 unspecified atom stereocenters. The average Bonchev–Trinajstić information content (AvgIpc) is 2.33. The molecule has 0 aromatic carbocycles. The zero-order valence-corrected chi connectivity index (χ0v) is 5.30. The van der Waals surface area contributed by atoms with E-state index in [0.717, 1.165) is 10.3 Å². The van der Waals surface area contributed by atoms with Gasteiger partial charge < -0.3 is 0 Å².